The van der Waals surface area contributed by atoms with Crippen LogP contribution in [0.4, 0.5) is 5.82 Å². The van der Waals surface area contributed by atoms with Crippen LogP contribution in [-0.4, -0.2) is 40.6 Å². The molecule has 1 aromatic rings. The molecule has 1 unspecified atom stereocenters. The molecule has 1 atom stereocenters. The number of nitrogens with zero attached hydrogens (tertiary/aromatic N) is 2. The molecule has 0 bridgehead atoms. The number of methoxy groups -OCH3 is 1. The van der Waals surface area contributed by atoms with E-state index in [1.54, 1.807) is 0 Å². The predicted molar refractivity (Wildman–Crippen MR) is 67.5 cm³/mol. The molecule has 0 radical (unpaired) electrons. The highest BCUT2D eigenvalue weighted by molar-refractivity contribution is 7.99. The quantitative estimate of drug-likeness (QED) is 0.823. The number of aryl methyl sites for hydroxylation is 1. The molecule has 0 amide bonds. The van der Waals surface area contributed by atoms with Crippen molar-refractivity contribution >= 4 is 23.5 Å². The SMILES string of the molecule is COC(=O)c1nc(C)cc(NC2CCSC2)n1. The molecule has 0 spiro atoms. The van der Waals surface area contributed by atoms with Crippen molar-refractivity contribution in [2.75, 3.05) is 23.9 Å². The average molecular weight is 253 g/mol. The summed E-state index contributed by atoms with van der Waals surface area (Å²) < 4.78 is 4.62. The van der Waals surface area contributed by atoms with Crippen molar-refractivity contribution in [2.45, 2.75) is 19.4 Å². The fraction of sp³-hybridized carbons (Fsp3) is 0.545. The minimum Gasteiger partial charge on any atom is -0.463 e. The van der Waals surface area contributed by atoms with Crippen molar-refractivity contribution in [1.29, 1.82) is 0 Å². The van der Waals surface area contributed by atoms with Crippen molar-refractivity contribution in [3.63, 3.8) is 0 Å². The Morgan fingerprint density at radius 1 is 1.59 bits per heavy atom. The van der Waals surface area contributed by atoms with Crippen LogP contribution in [0, 0.1) is 6.92 Å². The van der Waals surface area contributed by atoms with Gasteiger partial charge in [-0.2, -0.15) is 11.8 Å². The summed E-state index contributed by atoms with van der Waals surface area (Å²) in [5, 5.41) is 3.32. The lowest BCUT2D eigenvalue weighted by Gasteiger charge is -2.12. The molecule has 0 aliphatic carbocycles. The van der Waals surface area contributed by atoms with E-state index < -0.39 is 5.97 Å². The number of hydrogen-bond donors (Lipinski definition) is 1. The topological polar surface area (TPSA) is 64.1 Å². The van der Waals surface area contributed by atoms with Crippen molar-refractivity contribution in [1.82, 2.24) is 9.97 Å². The van der Waals surface area contributed by atoms with Gasteiger partial charge in [0.05, 0.1) is 7.11 Å². The molecule has 92 valence electrons. The maximum atomic E-state index is 11.4. The van der Waals surface area contributed by atoms with Crippen LogP contribution in [0.3, 0.4) is 0 Å². The van der Waals surface area contributed by atoms with Crippen LogP contribution in [-0.2, 0) is 4.74 Å². The molecule has 0 saturated carbocycles. The predicted octanol–water partition coefficient (Wildman–Crippen LogP) is 1.49. The lowest BCUT2D eigenvalue weighted by atomic mass is 10.2. The number of aromatic nitrogens is 2. The highest BCUT2D eigenvalue weighted by atomic mass is 32.2. The normalized spacial score (nSPS) is 19.1. The largest absolute Gasteiger partial charge is 0.463 e. The summed E-state index contributed by atoms with van der Waals surface area (Å²) in [6, 6.07) is 2.27. The van der Waals surface area contributed by atoms with Gasteiger partial charge in [-0.15, -0.1) is 0 Å². The van der Waals surface area contributed by atoms with Crippen molar-refractivity contribution in [3.8, 4) is 0 Å². The molecule has 1 N–H and O–H groups in total. The van der Waals surface area contributed by atoms with E-state index >= 15 is 0 Å². The van der Waals surface area contributed by atoms with Gasteiger partial charge in [-0.1, -0.05) is 0 Å². The first-order chi connectivity index (χ1) is 8.19. The molecule has 5 nitrogen and oxygen atoms in total. The molecule has 2 rings (SSSR count). The van der Waals surface area contributed by atoms with Gasteiger partial charge in [0.25, 0.3) is 0 Å². The summed E-state index contributed by atoms with van der Waals surface area (Å²) in [6.07, 6.45) is 1.13. The second kappa shape index (κ2) is 5.35. The number of ether oxygens (including phenoxy) is 1. The first-order valence-corrected chi connectivity index (χ1v) is 6.63. The Morgan fingerprint density at radius 2 is 2.41 bits per heavy atom. The third-order valence-corrected chi connectivity index (χ3v) is 3.67. The van der Waals surface area contributed by atoms with Crippen LogP contribution in [0.5, 0.6) is 0 Å². The first kappa shape index (κ1) is 12.2. The van der Waals surface area contributed by atoms with Crippen molar-refractivity contribution < 1.29 is 9.53 Å². The van der Waals surface area contributed by atoms with Crippen LogP contribution < -0.4 is 5.32 Å². The minimum atomic E-state index is -0.502. The summed E-state index contributed by atoms with van der Waals surface area (Å²) in [7, 11) is 1.33. The number of rotatable bonds is 3. The van der Waals surface area contributed by atoms with Crippen LogP contribution in [0.2, 0.25) is 0 Å². The second-order valence-corrected chi connectivity index (χ2v) is 5.06. The van der Waals surface area contributed by atoms with Crippen LogP contribution in [0.1, 0.15) is 22.7 Å². The number of hydrogen-bond acceptors (Lipinski definition) is 6. The van der Waals surface area contributed by atoms with E-state index in [-0.39, 0.29) is 5.82 Å². The number of anilines is 1. The molecule has 1 saturated heterocycles. The van der Waals surface area contributed by atoms with Crippen LogP contribution >= 0.6 is 11.8 Å². The van der Waals surface area contributed by atoms with Crippen LogP contribution in [0.15, 0.2) is 6.07 Å². The molecule has 6 heteroatoms. The zero-order valence-corrected chi connectivity index (χ0v) is 10.7. The van der Waals surface area contributed by atoms with E-state index in [9.17, 15) is 4.79 Å². The Bertz CT molecular complexity index is 419. The molecule has 17 heavy (non-hydrogen) atoms. The fourth-order valence-corrected chi connectivity index (χ4v) is 2.83. The van der Waals surface area contributed by atoms with Gasteiger partial charge in [0.15, 0.2) is 0 Å². The van der Waals surface area contributed by atoms with Gasteiger partial charge in [0, 0.05) is 23.6 Å². The van der Waals surface area contributed by atoms with Gasteiger partial charge >= 0.3 is 5.97 Å². The maximum Gasteiger partial charge on any atom is 0.376 e. The molecular weight excluding hydrogens is 238 g/mol. The van der Waals surface area contributed by atoms with Gasteiger partial charge in [-0.25, -0.2) is 14.8 Å². The number of nitrogens with one attached hydrogen (secondary N) is 1. The first-order valence-electron chi connectivity index (χ1n) is 5.47. The molecule has 1 aliphatic heterocycles. The van der Waals surface area contributed by atoms with Crippen LogP contribution in [0.25, 0.3) is 0 Å². The fourth-order valence-electron chi connectivity index (χ4n) is 1.68. The summed E-state index contributed by atoms with van der Waals surface area (Å²) in [5.74, 6) is 2.56. The zero-order valence-electron chi connectivity index (χ0n) is 9.90. The van der Waals surface area contributed by atoms with E-state index in [0.29, 0.717) is 11.9 Å². The summed E-state index contributed by atoms with van der Waals surface area (Å²) in [5.41, 5.74) is 0.758. The summed E-state index contributed by atoms with van der Waals surface area (Å²) >= 11 is 1.92. The molecule has 1 aliphatic rings. The zero-order chi connectivity index (χ0) is 12.3. The summed E-state index contributed by atoms with van der Waals surface area (Å²) in [4.78, 5) is 19.6. The Hall–Kier alpha value is -1.30. The van der Waals surface area contributed by atoms with E-state index in [1.807, 2.05) is 24.8 Å². The molecule has 0 aromatic carbocycles. The average Bonchev–Trinajstić information content (AvgIpc) is 2.80. The van der Waals surface area contributed by atoms with Gasteiger partial charge in [-0.3, -0.25) is 0 Å². The Morgan fingerprint density at radius 3 is 3.06 bits per heavy atom. The van der Waals surface area contributed by atoms with Gasteiger partial charge in [0.1, 0.15) is 5.82 Å². The highest BCUT2D eigenvalue weighted by Crippen LogP contribution is 2.20. The third kappa shape index (κ3) is 3.09. The smallest absolute Gasteiger partial charge is 0.376 e. The molecule has 1 fully saturated rings. The lowest BCUT2D eigenvalue weighted by molar-refractivity contribution is 0.0586. The van der Waals surface area contributed by atoms with Gasteiger partial charge < -0.3 is 10.1 Å². The number of thioether (sulfide) groups is 1. The maximum absolute atomic E-state index is 11.4. The van der Waals surface area contributed by atoms with Crippen molar-refractivity contribution in [2.24, 2.45) is 0 Å². The van der Waals surface area contributed by atoms with E-state index in [2.05, 4.69) is 20.0 Å². The van der Waals surface area contributed by atoms with E-state index in [4.69, 9.17) is 0 Å². The lowest BCUT2D eigenvalue weighted by Crippen LogP contribution is -2.20. The standard InChI is InChI=1S/C11H15N3O2S/c1-7-5-9(13-8-3-4-17-6-8)14-10(12-7)11(15)16-2/h5,8H,3-4,6H2,1-2H3,(H,12,13,14). The Kier molecular flexibility index (Phi) is 3.83. The van der Waals surface area contributed by atoms with Gasteiger partial charge in [-0.05, 0) is 19.1 Å². The van der Waals surface area contributed by atoms with E-state index in [1.165, 1.54) is 12.9 Å². The Balaban J connectivity index is 2.15. The molecular formula is C11H15N3O2S. The number of carbonyl (C=O) groups excluding carboxylic acids is 1. The summed E-state index contributed by atoms with van der Waals surface area (Å²) in [6.45, 7) is 1.84. The second-order valence-electron chi connectivity index (χ2n) is 3.91. The monoisotopic (exact) mass is 253 g/mol. The third-order valence-electron chi connectivity index (χ3n) is 2.50. The Labute approximate surface area is 104 Å². The van der Waals surface area contributed by atoms with Crippen molar-refractivity contribution in [3.05, 3.63) is 17.6 Å². The molecule has 2 heterocycles. The molecule has 1 aromatic heterocycles. The minimum absolute atomic E-state index is 0.112. The highest BCUT2D eigenvalue weighted by Gasteiger charge is 2.17. The van der Waals surface area contributed by atoms with E-state index in [0.717, 1.165) is 17.9 Å². The van der Waals surface area contributed by atoms with Gasteiger partial charge in [0.2, 0.25) is 5.82 Å². The number of esters is 1. The number of carbonyl (C=O) groups is 1.